The van der Waals surface area contributed by atoms with Gasteiger partial charge in [0.1, 0.15) is 5.82 Å². The molecule has 0 saturated carbocycles. The molecule has 5 heteroatoms. The number of rotatable bonds is 2. The molecule has 2 heterocycles. The summed E-state index contributed by atoms with van der Waals surface area (Å²) < 4.78 is 0. The number of hydrogen-bond acceptors (Lipinski definition) is 5. The van der Waals surface area contributed by atoms with Gasteiger partial charge in [0.2, 0.25) is 5.95 Å². The molecule has 16 heavy (non-hydrogen) atoms. The van der Waals surface area contributed by atoms with E-state index in [-0.39, 0.29) is 0 Å². The SMILES string of the molecule is CC1CN(C)CCC1Nc1nccc(N)n1. The van der Waals surface area contributed by atoms with Crippen molar-refractivity contribution in [2.75, 3.05) is 31.2 Å². The van der Waals surface area contributed by atoms with Crippen LogP contribution in [0.25, 0.3) is 0 Å². The van der Waals surface area contributed by atoms with Crippen molar-refractivity contribution >= 4 is 11.8 Å². The van der Waals surface area contributed by atoms with Gasteiger partial charge in [-0.15, -0.1) is 0 Å². The van der Waals surface area contributed by atoms with Crippen molar-refractivity contribution in [3.8, 4) is 0 Å². The Morgan fingerprint density at radius 2 is 2.38 bits per heavy atom. The average molecular weight is 221 g/mol. The molecule has 0 aromatic carbocycles. The van der Waals surface area contributed by atoms with Crippen molar-refractivity contribution in [1.29, 1.82) is 0 Å². The number of piperidine rings is 1. The number of hydrogen-bond donors (Lipinski definition) is 2. The fourth-order valence-corrected chi connectivity index (χ4v) is 2.18. The first-order chi connectivity index (χ1) is 7.65. The summed E-state index contributed by atoms with van der Waals surface area (Å²) in [5.41, 5.74) is 5.62. The van der Waals surface area contributed by atoms with Crippen LogP contribution < -0.4 is 11.1 Å². The molecule has 1 aromatic heterocycles. The molecule has 1 fully saturated rings. The molecule has 2 rings (SSSR count). The fourth-order valence-electron chi connectivity index (χ4n) is 2.18. The van der Waals surface area contributed by atoms with Crippen LogP contribution in [0.15, 0.2) is 12.3 Å². The minimum Gasteiger partial charge on any atom is -0.384 e. The van der Waals surface area contributed by atoms with Gasteiger partial charge in [-0.1, -0.05) is 6.92 Å². The molecule has 0 amide bonds. The molecular formula is C11H19N5. The highest BCUT2D eigenvalue weighted by atomic mass is 15.2. The van der Waals surface area contributed by atoms with Crippen molar-refractivity contribution in [2.45, 2.75) is 19.4 Å². The van der Waals surface area contributed by atoms with Crippen LogP contribution in [0.3, 0.4) is 0 Å². The van der Waals surface area contributed by atoms with Gasteiger partial charge in [-0.2, -0.15) is 4.98 Å². The van der Waals surface area contributed by atoms with Crippen LogP contribution in [0.4, 0.5) is 11.8 Å². The number of nitrogens with zero attached hydrogens (tertiary/aromatic N) is 3. The Kier molecular flexibility index (Phi) is 3.24. The van der Waals surface area contributed by atoms with Crippen LogP contribution >= 0.6 is 0 Å². The van der Waals surface area contributed by atoms with Crippen molar-refractivity contribution in [3.05, 3.63) is 12.3 Å². The van der Waals surface area contributed by atoms with E-state index in [4.69, 9.17) is 5.73 Å². The Hall–Kier alpha value is -1.36. The lowest BCUT2D eigenvalue weighted by molar-refractivity contribution is 0.206. The van der Waals surface area contributed by atoms with Crippen LogP contribution in [0, 0.1) is 5.92 Å². The molecule has 0 bridgehead atoms. The largest absolute Gasteiger partial charge is 0.384 e. The molecule has 3 N–H and O–H groups in total. The highest BCUT2D eigenvalue weighted by molar-refractivity contribution is 5.35. The van der Waals surface area contributed by atoms with Crippen LogP contribution in [0.1, 0.15) is 13.3 Å². The first kappa shape index (κ1) is 11.1. The van der Waals surface area contributed by atoms with Gasteiger partial charge in [0.15, 0.2) is 0 Å². The summed E-state index contributed by atoms with van der Waals surface area (Å²) in [6, 6.07) is 2.14. The zero-order valence-corrected chi connectivity index (χ0v) is 9.85. The lowest BCUT2D eigenvalue weighted by atomic mass is 9.94. The molecule has 1 aliphatic rings. The van der Waals surface area contributed by atoms with E-state index < -0.39 is 0 Å². The van der Waals surface area contributed by atoms with Crippen LogP contribution in [-0.4, -0.2) is 41.0 Å². The number of aromatic nitrogens is 2. The second-order valence-corrected chi connectivity index (χ2v) is 4.58. The van der Waals surface area contributed by atoms with E-state index in [9.17, 15) is 0 Å². The van der Waals surface area contributed by atoms with Crippen LogP contribution in [0.2, 0.25) is 0 Å². The summed E-state index contributed by atoms with van der Waals surface area (Å²) in [6.45, 7) is 4.48. The second kappa shape index (κ2) is 4.65. The van der Waals surface area contributed by atoms with Gasteiger partial charge in [0, 0.05) is 18.8 Å². The van der Waals surface area contributed by atoms with Gasteiger partial charge in [-0.25, -0.2) is 4.98 Å². The molecule has 1 aromatic rings. The summed E-state index contributed by atoms with van der Waals surface area (Å²) in [5.74, 6) is 1.75. The fraction of sp³-hybridized carbons (Fsp3) is 0.636. The van der Waals surface area contributed by atoms with E-state index in [2.05, 4.69) is 34.2 Å². The van der Waals surface area contributed by atoms with E-state index in [1.54, 1.807) is 12.3 Å². The van der Waals surface area contributed by atoms with Crippen molar-refractivity contribution in [2.24, 2.45) is 5.92 Å². The summed E-state index contributed by atoms with van der Waals surface area (Å²) in [7, 11) is 2.16. The summed E-state index contributed by atoms with van der Waals surface area (Å²) in [6.07, 6.45) is 2.81. The third kappa shape index (κ3) is 2.61. The minimum atomic E-state index is 0.443. The van der Waals surface area contributed by atoms with Gasteiger partial charge in [-0.3, -0.25) is 0 Å². The number of nitrogens with one attached hydrogen (secondary N) is 1. The molecular weight excluding hydrogens is 202 g/mol. The van der Waals surface area contributed by atoms with Gasteiger partial charge in [-0.05, 0) is 32.0 Å². The predicted molar refractivity (Wildman–Crippen MR) is 65.1 cm³/mol. The number of nitrogen functional groups attached to an aromatic ring is 1. The average Bonchev–Trinajstić information content (AvgIpc) is 2.22. The topological polar surface area (TPSA) is 67.1 Å². The third-order valence-electron chi connectivity index (χ3n) is 3.10. The molecule has 1 saturated heterocycles. The number of likely N-dealkylation sites (tertiary alicyclic amines) is 1. The summed E-state index contributed by atoms with van der Waals surface area (Å²) in [5, 5.41) is 3.36. The number of nitrogens with two attached hydrogens (primary N) is 1. The van der Waals surface area contributed by atoms with E-state index in [1.807, 2.05) is 0 Å². The first-order valence-corrected chi connectivity index (χ1v) is 5.69. The summed E-state index contributed by atoms with van der Waals surface area (Å²) in [4.78, 5) is 10.7. The van der Waals surface area contributed by atoms with Crippen molar-refractivity contribution < 1.29 is 0 Å². The minimum absolute atomic E-state index is 0.443. The van der Waals surface area contributed by atoms with Crippen molar-refractivity contribution in [3.63, 3.8) is 0 Å². The monoisotopic (exact) mass is 221 g/mol. The molecule has 5 nitrogen and oxygen atoms in total. The van der Waals surface area contributed by atoms with E-state index in [1.165, 1.54) is 0 Å². The maximum atomic E-state index is 5.62. The maximum Gasteiger partial charge on any atom is 0.224 e. The van der Waals surface area contributed by atoms with Gasteiger partial charge in [0.05, 0.1) is 0 Å². The Labute approximate surface area is 96.1 Å². The second-order valence-electron chi connectivity index (χ2n) is 4.58. The smallest absolute Gasteiger partial charge is 0.224 e. The van der Waals surface area contributed by atoms with Gasteiger partial charge >= 0.3 is 0 Å². The van der Waals surface area contributed by atoms with Crippen LogP contribution in [0.5, 0.6) is 0 Å². The van der Waals surface area contributed by atoms with E-state index >= 15 is 0 Å². The quantitative estimate of drug-likeness (QED) is 0.773. The molecule has 0 spiro atoms. The Morgan fingerprint density at radius 1 is 1.56 bits per heavy atom. The highest BCUT2D eigenvalue weighted by Crippen LogP contribution is 2.18. The molecule has 2 atom stereocenters. The van der Waals surface area contributed by atoms with E-state index in [0.717, 1.165) is 19.5 Å². The van der Waals surface area contributed by atoms with Crippen LogP contribution in [-0.2, 0) is 0 Å². The maximum absolute atomic E-state index is 5.62. The zero-order valence-electron chi connectivity index (χ0n) is 9.85. The first-order valence-electron chi connectivity index (χ1n) is 5.69. The molecule has 2 unspecified atom stereocenters. The highest BCUT2D eigenvalue weighted by Gasteiger charge is 2.24. The lowest BCUT2D eigenvalue weighted by Gasteiger charge is -2.35. The molecule has 88 valence electrons. The Bertz CT molecular complexity index is 354. The standard InChI is InChI=1S/C11H19N5/c1-8-7-16(2)6-4-9(8)14-11-13-5-3-10(12)15-11/h3,5,8-9H,4,6-7H2,1-2H3,(H3,12,13,14,15). The van der Waals surface area contributed by atoms with Gasteiger partial charge in [0.25, 0.3) is 0 Å². The number of anilines is 2. The molecule has 0 aliphatic carbocycles. The Morgan fingerprint density at radius 3 is 3.06 bits per heavy atom. The lowest BCUT2D eigenvalue weighted by Crippen LogP contribution is -2.43. The van der Waals surface area contributed by atoms with Crippen molar-refractivity contribution in [1.82, 2.24) is 14.9 Å². The molecule has 1 aliphatic heterocycles. The van der Waals surface area contributed by atoms with E-state index in [0.29, 0.717) is 23.7 Å². The predicted octanol–water partition coefficient (Wildman–Crippen LogP) is 0.811. The van der Waals surface area contributed by atoms with Gasteiger partial charge < -0.3 is 16.0 Å². The third-order valence-corrected chi connectivity index (χ3v) is 3.10. The zero-order chi connectivity index (χ0) is 11.5. The summed E-state index contributed by atoms with van der Waals surface area (Å²) >= 11 is 0. The normalized spacial score (nSPS) is 26.6. The molecule has 0 radical (unpaired) electrons. The Balaban J connectivity index is 1.99.